The predicted octanol–water partition coefficient (Wildman–Crippen LogP) is 5.26. The van der Waals surface area contributed by atoms with Gasteiger partial charge in [-0.2, -0.15) is 0 Å². The molecule has 0 radical (unpaired) electrons. The number of carbonyl (C=O) groups excluding carboxylic acids is 1. The van der Waals surface area contributed by atoms with Crippen LogP contribution < -0.4 is 14.8 Å². The first kappa shape index (κ1) is 25.3. The van der Waals surface area contributed by atoms with Crippen molar-refractivity contribution in [1.82, 2.24) is 9.55 Å². The molecule has 1 fully saturated rings. The number of nitrogens with one attached hydrogen (secondary N) is 1. The van der Waals surface area contributed by atoms with Gasteiger partial charge < -0.3 is 19.4 Å². The summed E-state index contributed by atoms with van der Waals surface area (Å²) in [5, 5.41) is 2.88. The molecule has 8 nitrogen and oxygen atoms in total. The Hall–Kier alpha value is -3.99. The fraction of sp³-hybridized carbons (Fsp3) is 0.286. The molecule has 1 aliphatic carbocycles. The fourth-order valence-corrected chi connectivity index (χ4v) is 5.62. The van der Waals surface area contributed by atoms with Crippen LogP contribution in [0.25, 0.3) is 11.0 Å². The van der Waals surface area contributed by atoms with E-state index in [2.05, 4.69) is 10.1 Å². The van der Waals surface area contributed by atoms with Gasteiger partial charge in [0.25, 0.3) is 0 Å². The normalized spacial score (nSPS) is 16.0. The Morgan fingerprint density at radius 1 is 1.10 bits per heavy atom. The molecule has 1 amide bonds. The van der Waals surface area contributed by atoms with Crippen molar-refractivity contribution < 1.29 is 31.5 Å². The highest BCUT2D eigenvalue weighted by atomic mass is 32.2. The van der Waals surface area contributed by atoms with Gasteiger partial charge in [-0.25, -0.2) is 13.4 Å². The number of imidazole rings is 1. The lowest BCUT2D eigenvalue weighted by Gasteiger charge is -2.12. The molecule has 2 heterocycles. The van der Waals surface area contributed by atoms with Crippen molar-refractivity contribution in [3.8, 4) is 11.5 Å². The quantitative estimate of drug-likeness (QED) is 0.320. The minimum atomic E-state index is -3.70. The summed E-state index contributed by atoms with van der Waals surface area (Å²) >= 11 is 0. The Kier molecular flexibility index (Phi) is 6.05. The number of fused-ring (bicyclic) bond motifs is 2. The molecule has 1 N–H and O–H groups in total. The van der Waals surface area contributed by atoms with E-state index in [4.69, 9.17) is 9.72 Å². The number of aromatic nitrogens is 2. The van der Waals surface area contributed by atoms with Crippen molar-refractivity contribution in [2.75, 3.05) is 11.1 Å². The monoisotopic (exact) mass is 553 g/mol. The van der Waals surface area contributed by atoms with Gasteiger partial charge in [0.2, 0.25) is 5.91 Å². The van der Waals surface area contributed by atoms with Crippen LogP contribution in [0, 0.1) is 0 Å². The summed E-state index contributed by atoms with van der Waals surface area (Å²) in [6, 6.07) is 16.5. The average Bonchev–Trinajstić information content (AvgIpc) is 3.60. The first-order valence-corrected chi connectivity index (χ1v) is 14.3. The smallest absolute Gasteiger partial charge is 0.395 e. The van der Waals surface area contributed by atoms with Crippen LogP contribution >= 0.6 is 0 Å². The summed E-state index contributed by atoms with van der Waals surface area (Å²) in [5.41, 5.74) is 3.31. The number of alkyl halides is 2. The van der Waals surface area contributed by atoms with Crippen LogP contribution in [0.2, 0.25) is 0 Å². The third-order valence-electron chi connectivity index (χ3n) is 6.87. The van der Waals surface area contributed by atoms with Gasteiger partial charge in [0, 0.05) is 17.2 Å². The molecular weight excluding hydrogens is 528 g/mol. The van der Waals surface area contributed by atoms with Crippen LogP contribution in [-0.4, -0.2) is 35.9 Å². The highest BCUT2D eigenvalue weighted by molar-refractivity contribution is 7.91. The highest BCUT2D eigenvalue weighted by Gasteiger charge is 2.44. The Balaban J connectivity index is 1.22. The van der Waals surface area contributed by atoms with E-state index >= 15 is 0 Å². The van der Waals surface area contributed by atoms with Gasteiger partial charge in [-0.05, 0) is 54.8 Å². The van der Waals surface area contributed by atoms with Crippen LogP contribution in [0.4, 0.5) is 14.5 Å². The Labute approximate surface area is 223 Å². The van der Waals surface area contributed by atoms with Crippen LogP contribution in [0.5, 0.6) is 11.5 Å². The van der Waals surface area contributed by atoms with Crippen molar-refractivity contribution >= 4 is 32.5 Å². The topological polar surface area (TPSA) is 99.5 Å². The SMILES string of the molecule is CCS(=O)(=O)c1ccc(CC(=O)Nc2ccc3c(c2)nc(C2CC2)n3Cc2cccc3c2OC(F)(F)O3)cc1. The lowest BCUT2D eigenvalue weighted by molar-refractivity contribution is -0.287. The van der Waals surface area contributed by atoms with Gasteiger partial charge in [0.1, 0.15) is 5.82 Å². The second-order valence-corrected chi connectivity index (χ2v) is 12.0. The summed E-state index contributed by atoms with van der Waals surface area (Å²) in [4.78, 5) is 17.8. The van der Waals surface area contributed by atoms with Crippen LogP contribution in [0.3, 0.4) is 0 Å². The van der Waals surface area contributed by atoms with E-state index in [0.29, 0.717) is 22.3 Å². The summed E-state index contributed by atoms with van der Waals surface area (Å²) in [6.07, 6.45) is -1.62. The maximum Gasteiger partial charge on any atom is 0.586 e. The minimum Gasteiger partial charge on any atom is -0.395 e. The fourth-order valence-electron chi connectivity index (χ4n) is 4.74. The maximum absolute atomic E-state index is 13.7. The minimum absolute atomic E-state index is 0.00141. The van der Waals surface area contributed by atoms with Crippen LogP contribution in [0.15, 0.2) is 65.6 Å². The highest BCUT2D eigenvalue weighted by Crippen LogP contribution is 2.45. The van der Waals surface area contributed by atoms with Crippen LogP contribution in [0.1, 0.15) is 42.6 Å². The molecular formula is C28H25F2N3O5S. The number of anilines is 1. The molecule has 11 heteroatoms. The molecule has 6 rings (SSSR count). The van der Waals surface area contributed by atoms with E-state index in [1.807, 2.05) is 10.6 Å². The molecule has 1 aromatic heterocycles. The number of para-hydroxylation sites is 1. The third-order valence-corrected chi connectivity index (χ3v) is 8.62. The summed E-state index contributed by atoms with van der Waals surface area (Å²) < 4.78 is 62.8. The van der Waals surface area contributed by atoms with Crippen molar-refractivity contribution in [1.29, 1.82) is 0 Å². The summed E-state index contributed by atoms with van der Waals surface area (Å²) in [7, 11) is -3.30. The Morgan fingerprint density at radius 3 is 2.59 bits per heavy atom. The number of benzene rings is 3. The molecule has 2 aliphatic rings. The number of rotatable bonds is 8. The molecule has 3 aromatic carbocycles. The molecule has 1 aliphatic heterocycles. The van der Waals surface area contributed by atoms with Crippen molar-refractivity contribution in [2.45, 2.75) is 49.8 Å². The number of ether oxygens (including phenoxy) is 2. The first-order valence-electron chi connectivity index (χ1n) is 12.6. The lowest BCUT2D eigenvalue weighted by atomic mass is 10.1. The molecule has 4 aromatic rings. The molecule has 0 saturated heterocycles. The average molecular weight is 554 g/mol. The number of amides is 1. The van der Waals surface area contributed by atoms with Gasteiger partial charge in [-0.1, -0.05) is 31.2 Å². The first-order chi connectivity index (χ1) is 18.6. The van der Waals surface area contributed by atoms with E-state index < -0.39 is 16.1 Å². The number of sulfone groups is 1. The summed E-state index contributed by atoms with van der Waals surface area (Å²) in [5.74, 6) is 0.931. The molecule has 0 atom stereocenters. The number of nitrogens with zero attached hydrogens (tertiary/aromatic N) is 2. The van der Waals surface area contributed by atoms with Gasteiger partial charge in [0.15, 0.2) is 21.3 Å². The molecule has 39 heavy (non-hydrogen) atoms. The second-order valence-electron chi connectivity index (χ2n) is 9.72. The van der Waals surface area contributed by atoms with E-state index in [-0.39, 0.29) is 46.9 Å². The van der Waals surface area contributed by atoms with Gasteiger partial charge in [0.05, 0.1) is 34.6 Å². The number of halogens is 2. The van der Waals surface area contributed by atoms with Crippen LogP contribution in [-0.2, 0) is 27.6 Å². The van der Waals surface area contributed by atoms with Gasteiger partial charge in [-0.15, -0.1) is 8.78 Å². The Morgan fingerprint density at radius 2 is 1.87 bits per heavy atom. The number of hydrogen-bond donors (Lipinski definition) is 1. The molecule has 1 saturated carbocycles. The zero-order valence-corrected chi connectivity index (χ0v) is 21.8. The molecule has 0 unspecified atom stereocenters. The van der Waals surface area contributed by atoms with E-state index in [1.165, 1.54) is 18.2 Å². The maximum atomic E-state index is 13.7. The second kappa shape index (κ2) is 9.33. The number of hydrogen-bond acceptors (Lipinski definition) is 6. The standard InChI is InChI=1S/C28H25F2N3O5S/c1-2-39(35,36)21-11-6-17(7-12-21)14-25(34)31-20-10-13-23-22(15-20)32-27(18-8-9-18)33(23)16-19-4-3-5-24-26(19)38-28(29,30)37-24/h3-7,10-13,15,18H,2,8-9,14,16H2,1H3,(H,31,34). The van der Waals surface area contributed by atoms with Crippen molar-refractivity contribution in [3.63, 3.8) is 0 Å². The zero-order valence-electron chi connectivity index (χ0n) is 21.0. The van der Waals surface area contributed by atoms with E-state index in [1.54, 1.807) is 43.3 Å². The predicted molar refractivity (Wildman–Crippen MR) is 140 cm³/mol. The van der Waals surface area contributed by atoms with Crippen molar-refractivity contribution in [3.05, 3.63) is 77.6 Å². The molecule has 202 valence electrons. The largest absolute Gasteiger partial charge is 0.586 e. The van der Waals surface area contributed by atoms with Crippen molar-refractivity contribution in [2.24, 2.45) is 0 Å². The lowest BCUT2D eigenvalue weighted by Crippen LogP contribution is -2.26. The third kappa shape index (κ3) is 5.06. The molecule has 0 spiro atoms. The Bertz CT molecular complexity index is 1700. The van der Waals surface area contributed by atoms with Gasteiger partial charge in [-0.3, -0.25) is 4.79 Å². The van der Waals surface area contributed by atoms with Gasteiger partial charge >= 0.3 is 6.29 Å². The summed E-state index contributed by atoms with van der Waals surface area (Å²) in [6.45, 7) is 1.86. The molecule has 0 bridgehead atoms. The van der Waals surface area contributed by atoms with E-state index in [0.717, 1.165) is 24.2 Å². The number of carbonyl (C=O) groups is 1. The zero-order chi connectivity index (χ0) is 27.4. The van der Waals surface area contributed by atoms with E-state index in [9.17, 15) is 22.0 Å².